The summed E-state index contributed by atoms with van der Waals surface area (Å²) in [6, 6.07) is 2.03. The van der Waals surface area contributed by atoms with Crippen molar-refractivity contribution in [1.82, 2.24) is 4.98 Å². The highest BCUT2D eigenvalue weighted by Gasteiger charge is 2.27. The maximum atomic E-state index is 9.17. The van der Waals surface area contributed by atoms with Crippen LogP contribution in [0, 0.1) is 11.8 Å². The van der Waals surface area contributed by atoms with Gasteiger partial charge in [0.1, 0.15) is 0 Å². The molecule has 1 fully saturated rings. The van der Waals surface area contributed by atoms with Gasteiger partial charge in [0.25, 0.3) is 0 Å². The summed E-state index contributed by atoms with van der Waals surface area (Å²) >= 11 is 0. The number of aryl methyl sites for hydroxylation is 1. The van der Waals surface area contributed by atoms with Gasteiger partial charge < -0.3 is 5.11 Å². The zero-order chi connectivity index (χ0) is 10.7. The van der Waals surface area contributed by atoms with Gasteiger partial charge in [0, 0.05) is 12.4 Å². The lowest BCUT2D eigenvalue weighted by atomic mass is 9.96. The van der Waals surface area contributed by atoms with Crippen LogP contribution in [0.5, 0.6) is 0 Å². The predicted molar refractivity (Wildman–Crippen MR) is 60.4 cm³/mol. The molecule has 2 heteroatoms. The van der Waals surface area contributed by atoms with Crippen molar-refractivity contribution in [3.63, 3.8) is 0 Å². The third kappa shape index (κ3) is 2.78. The molecular weight excluding hydrogens is 186 g/mol. The number of pyridine rings is 1. The Morgan fingerprint density at radius 3 is 2.93 bits per heavy atom. The van der Waals surface area contributed by atoms with Gasteiger partial charge in [0.15, 0.2) is 0 Å². The summed E-state index contributed by atoms with van der Waals surface area (Å²) in [6.07, 6.45) is 8.75. The Morgan fingerprint density at radius 1 is 1.47 bits per heavy atom. The highest BCUT2D eigenvalue weighted by Crippen LogP contribution is 2.38. The number of hydrogen-bond acceptors (Lipinski definition) is 2. The summed E-state index contributed by atoms with van der Waals surface area (Å²) in [7, 11) is 0. The van der Waals surface area contributed by atoms with E-state index in [1.807, 2.05) is 12.3 Å². The summed E-state index contributed by atoms with van der Waals surface area (Å²) in [5, 5.41) is 9.17. The molecule has 1 aliphatic rings. The Balaban J connectivity index is 1.91. The molecule has 0 radical (unpaired) electrons. The molecule has 2 nitrogen and oxygen atoms in total. The number of hydrogen-bond donors (Lipinski definition) is 1. The van der Waals surface area contributed by atoms with Crippen LogP contribution in [0.3, 0.4) is 0 Å². The first kappa shape index (κ1) is 10.6. The Labute approximate surface area is 91.4 Å². The number of aliphatic hydroxyl groups excluding tert-OH is 1. The van der Waals surface area contributed by atoms with E-state index < -0.39 is 0 Å². The van der Waals surface area contributed by atoms with Crippen LogP contribution in [0.25, 0.3) is 0 Å². The quantitative estimate of drug-likeness (QED) is 0.801. The first-order valence-electron chi connectivity index (χ1n) is 5.84. The van der Waals surface area contributed by atoms with E-state index in [-0.39, 0.29) is 6.61 Å². The molecule has 0 bridgehead atoms. The van der Waals surface area contributed by atoms with E-state index in [9.17, 15) is 0 Å². The summed E-state index contributed by atoms with van der Waals surface area (Å²) < 4.78 is 0. The molecule has 0 aromatic carbocycles. The second-order valence-electron chi connectivity index (χ2n) is 4.66. The van der Waals surface area contributed by atoms with Crippen LogP contribution in [0.4, 0.5) is 0 Å². The zero-order valence-electron chi connectivity index (χ0n) is 9.32. The van der Waals surface area contributed by atoms with Crippen LogP contribution in [0.1, 0.15) is 37.3 Å². The molecule has 1 aromatic heterocycles. The second-order valence-corrected chi connectivity index (χ2v) is 4.66. The van der Waals surface area contributed by atoms with Gasteiger partial charge in [-0.05, 0) is 54.7 Å². The molecule has 1 aliphatic carbocycles. The van der Waals surface area contributed by atoms with Crippen LogP contribution in [0.2, 0.25) is 0 Å². The fraction of sp³-hybridized carbons (Fsp3) is 0.615. The summed E-state index contributed by atoms with van der Waals surface area (Å²) in [6.45, 7) is 2.46. The Kier molecular flexibility index (Phi) is 3.37. The molecule has 1 N–H and O–H groups in total. The minimum absolute atomic E-state index is 0.112. The van der Waals surface area contributed by atoms with Crippen molar-refractivity contribution in [2.24, 2.45) is 11.8 Å². The number of aromatic nitrogens is 1. The molecule has 0 spiro atoms. The van der Waals surface area contributed by atoms with E-state index in [4.69, 9.17) is 5.11 Å². The van der Waals surface area contributed by atoms with Crippen molar-refractivity contribution < 1.29 is 5.11 Å². The minimum Gasteiger partial charge on any atom is -0.392 e. The fourth-order valence-electron chi connectivity index (χ4n) is 2.13. The molecule has 1 atom stereocenters. The smallest absolute Gasteiger partial charge is 0.0699 e. The average Bonchev–Trinajstić information content (AvgIpc) is 3.10. The van der Waals surface area contributed by atoms with E-state index in [0.717, 1.165) is 23.8 Å². The number of nitrogens with zero attached hydrogens (tertiary/aromatic N) is 1. The number of aliphatic hydroxyl groups is 1. The van der Waals surface area contributed by atoms with Crippen LogP contribution < -0.4 is 0 Å². The van der Waals surface area contributed by atoms with Gasteiger partial charge in [-0.15, -0.1) is 0 Å². The van der Waals surface area contributed by atoms with Gasteiger partial charge in [0.2, 0.25) is 0 Å². The topological polar surface area (TPSA) is 33.1 Å². The van der Waals surface area contributed by atoms with Crippen LogP contribution >= 0.6 is 0 Å². The molecule has 15 heavy (non-hydrogen) atoms. The first-order chi connectivity index (χ1) is 7.31. The Morgan fingerprint density at radius 2 is 2.27 bits per heavy atom. The third-order valence-corrected chi connectivity index (χ3v) is 3.47. The monoisotopic (exact) mass is 205 g/mol. The van der Waals surface area contributed by atoms with Gasteiger partial charge in [0.05, 0.1) is 6.61 Å². The molecule has 1 heterocycles. The Hall–Kier alpha value is -0.890. The second kappa shape index (κ2) is 4.75. The van der Waals surface area contributed by atoms with Crippen molar-refractivity contribution in [3.05, 3.63) is 29.6 Å². The fourth-order valence-corrected chi connectivity index (χ4v) is 2.13. The van der Waals surface area contributed by atoms with Crippen molar-refractivity contribution in [1.29, 1.82) is 0 Å². The molecular formula is C13H19NO. The largest absolute Gasteiger partial charge is 0.392 e. The van der Waals surface area contributed by atoms with Crippen LogP contribution in [0.15, 0.2) is 18.5 Å². The van der Waals surface area contributed by atoms with E-state index in [2.05, 4.69) is 11.9 Å². The zero-order valence-corrected chi connectivity index (χ0v) is 9.32. The summed E-state index contributed by atoms with van der Waals surface area (Å²) in [5.74, 6) is 1.81. The molecule has 0 aliphatic heterocycles. The number of rotatable bonds is 5. The van der Waals surface area contributed by atoms with Gasteiger partial charge in [-0.25, -0.2) is 0 Å². The molecule has 1 unspecified atom stereocenters. The third-order valence-electron chi connectivity index (χ3n) is 3.47. The van der Waals surface area contributed by atoms with Crippen LogP contribution in [-0.4, -0.2) is 10.1 Å². The van der Waals surface area contributed by atoms with Crippen molar-refractivity contribution in [3.8, 4) is 0 Å². The standard InChI is InChI=1S/C13H19NO/c1-10(11-4-5-11)2-3-12-6-7-14-8-13(12)9-15/h6-8,10-11,15H,2-5,9H2,1H3. The lowest BCUT2D eigenvalue weighted by Gasteiger charge is -2.11. The summed E-state index contributed by atoms with van der Waals surface area (Å²) in [4.78, 5) is 4.03. The molecule has 2 rings (SSSR count). The van der Waals surface area contributed by atoms with E-state index in [1.54, 1.807) is 6.20 Å². The van der Waals surface area contributed by atoms with Gasteiger partial charge in [-0.3, -0.25) is 4.98 Å². The lowest BCUT2D eigenvalue weighted by molar-refractivity contribution is 0.279. The van der Waals surface area contributed by atoms with Gasteiger partial charge in [-0.2, -0.15) is 0 Å². The molecule has 1 aromatic rings. The van der Waals surface area contributed by atoms with E-state index >= 15 is 0 Å². The highest BCUT2D eigenvalue weighted by atomic mass is 16.3. The lowest BCUT2D eigenvalue weighted by Crippen LogP contribution is -2.02. The van der Waals surface area contributed by atoms with Gasteiger partial charge >= 0.3 is 0 Å². The average molecular weight is 205 g/mol. The van der Waals surface area contributed by atoms with Crippen molar-refractivity contribution >= 4 is 0 Å². The normalized spacial score (nSPS) is 17.7. The molecule has 82 valence electrons. The minimum atomic E-state index is 0.112. The predicted octanol–water partition coefficient (Wildman–Crippen LogP) is 2.55. The van der Waals surface area contributed by atoms with E-state index in [1.165, 1.54) is 24.8 Å². The highest BCUT2D eigenvalue weighted by molar-refractivity contribution is 5.22. The maximum Gasteiger partial charge on any atom is 0.0699 e. The molecule has 0 amide bonds. The summed E-state index contributed by atoms with van der Waals surface area (Å²) in [5.41, 5.74) is 2.25. The van der Waals surface area contributed by atoms with Crippen molar-refractivity contribution in [2.45, 2.75) is 39.2 Å². The SMILES string of the molecule is CC(CCc1ccncc1CO)C1CC1. The molecule has 0 saturated heterocycles. The first-order valence-corrected chi connectivity index (χ1v) is 5.84. The Bertz CT molecular complexity index is 320. The van der Waals surface area contributed by atoms with Gasteiger partial charge in [-0.1, -0.05) is 6.92 Å². The maximum absolute atomic E-state index is 9.17. The molecule has 1 saturated carbocycles. The van der Waals surface area contributed by atoms with E-state index in [0.29, 0.717) is 0 Å². The van der Waals surface area contributed by atoms with Crippen LogP contribution in [-0.2, 0) is 13.0 Å². The van der Waals surface area contributed by atoms with Crippen molar-refractivity contribution in [2.75, 3.05) is 0 Å².